The highest BCUT2D eigenvalue weighted by Crippen LogP contribution is 2.22. The van der Waals surface area contributed by atoms with Crippen LogP contribution in [0.15, 0.2) is 35.4 Å². The second-order valence-corrected chi connectivity index (χ2v) is 4.93. The van der Waals surface area contributed by atoms with Crippen molar-refractivity contribution >= 4 is 17.4 Å². The van der Waals surface area contributed by atoms with Gasteiger partial charge in [-0.2, -0.15) is 5.10 Å². The second kappa shape index (κ2) is 5.23. The summed E-state index contributed by atoms with van der Waals surface area (Å²) in [5.41, 5.74) is 7.22. The van der Waals surface area contributed by atoms with Crippen LogP contribution in [-0.4, -0.2) is 15.5 Å². The Morgan fingerprint density at radius 1 is 1.41 bits per heavy atom. The van der Waals surface area contributed by atoms with Crippen molar-refractivity contribution in [1.82, 2.24) is 9.78 Å². The molecule has 90 valence electrons. The van der Waals surface area contributed by atoms with Gasteiger partial charge in [0.1, 0.15) is 5.82 Å². The minimum Gasteiger partial charge on any atom is -0.399 e. The second-order valence-electron chi connectivity index (χ2n) is 3.76. The van der Waals surface area contributed by atoms with E-state index in [4.69, 9.17) is 5.73 Å². The molecule has 2 N–H and O–H groups in total. The maximum atomic E-state index is 13.1. The number of nitrogens with zero attached hydrogens (tertiary/aromatic N) is 2. The van der Waals surface area contributed by atoms with Gasteiger partial charge in [-0.25, -0.2) is 4.39 Å². The van der Waals surface area contributed by atoms with Crippen LogP contribution < -0.4 is 5.73 Å². The van der Waals surface area contributed by atoms with Crippen LogP contribution in [0.2, 0.25) is 0 Å². The van der Waals surface area contributed by atoms with E-state index in [2.05, 4.69) is 5.10 Å². The van der Waals surface area contributed by atoms with E-state index < -0.39 is 0 Å². The normalized spacial score (nSPS) is 10.7. The smallest absolute Gasteiger partial charge is 0.126 e. The molecular formula is C12H14FN3S. The molecule has 0 aliphatic rings. The number of nitrogens with two attached hydrogens (primary N) is 1. The largest absolute Gasteiger partial charge is 0.399 e. The molecular weight excluding hydrogens is 237 g/mol. The minimum atomic E-state index is -0.284. The summed E-state index contributed by atoms with van der Waals surface area (Å²) in [7, 11) is 1.92. The monoisotopic (exact) mass is 251 g/mol. The topological polar surface area (TPSA) is 43.8 Å². The number of aryl methyl sites for hydroxylation is 2. The lowest BCUT2D eigenvalue weighted by atomic mass is 10.3. The van der Waals surface area contributed by atoms with Crippen molar-refractivity contribution in [3.8, 4) is 0 Å². The molecule has 5 heteroatoms. The van der Waals surface area contributed by atoms with Crippen molar-refractivity contribution in [1.29, 1.82) is 0 Å². The van der Waals surface area contributed by atoms with Crippen LogP contribution >= 0.6 is 11.8 Å². The van der Waals surface area contributed by atoms with Gasteiger partial charge in [0.2, 0.25) is 0 Å². The van der Waals surface area contributed by atoms with Crippen LogP contribution in [-0.2, 0) is 13.5 Å². The van der Waals surface area contributed by atoms with Gasteiger partial charge >= 0.3 is 0 Å². The number of hydrogen-bond donors (Lipinski definition) is 1. The Labute approximate surface area is 104 Å². The molecule has 0 fully saturated rings. The zero-order chi connectivity index (χ0) is 12.3. The van der Waals surface area contributed by atoms with E-state index in [1.54, 1.807) is 24.0 Å². The quantitative estimate of drug-likeness (QED) is 0.670. The number of thioether (sulfide) groups is 1. The number of nitrogen functional groups attached to an aromatic ring is 1. The predicted octanol–water partition coefficient (Wildman–Crippen LogP) is 2.48. The lowest BCUT2D eigenvalue weighted by molar-refractivity contribution is 0.625. The van der Waals surface area contributed by atoms with Crippen LogP contribution in [0.1, 0.15) is 5.69 Å². The van der Waals surface area contributed by atoms with Crippen LogP contribution in [0.5, 0.6) is 0 Å². The maximum absolute atomic E-state index is 13.1. The molecule has 0 spiro atoms. The third-order valence-electron chi connectivity index (χ3n) is 2.44. The Bertz CT molecular complexity index is 490. The fourth-order valence-corrected chi connectivity index (χ4v) is 2.55. The van der Waals surface area contributed by atoms with Crippen LogP contribution in [0.3, 0.4) is 0 Å². The van der Waals surface area contributed by atoms with Gasteiger partial charge in [-0.15, -0.1) is 11.8 Å². The number of hydrogen-bond acceptors (Lipinski definition) is 3. The van der Waals surface area contributed by atoms with Gasteiger partial charge in [0.15, 0.2) is 0 Å². The molecule has 1 aromatic heterocycles. The zero-order valence-electron chi connectivity index (χ0n) is 9.56. The molecule has 0 unspecified atom stereocenters. The third kappa shape index (κ3) is 3.23. The molecule has 0 saturated carbocycles. The summed E-state index contributed by atoms with van der Waals surface area (Å²) in [6.07, 6.45) is 2.68. The molecule has 3 nitrogen and oxygen atoms in total. The molecule has 0 aliphatic heterocycles. The molecule has 1 heterocycles. The summed E-state index contributed by atoms with van der Waals surface area (Å²) >= 11 is 1.59. The van der Waals surface area contributed by atoms with Crippen LogP contribution in [0.4, 0.5) is 10.1 Å². The van der Waals surface area contributed by atoms with Gasteiger partial charge in [-0.1, -0.05) is 0 Å². The Kier molecular flexibility index (Phi) is 3.68. The zero-order valence-corrected chi connectivity index (χ0v) is 10.4. The van der Waals surface area contributed by atoms with E-state index in [-0.39, 0.29) is 5.82 Å². The number of benzene rings is 1. The third-order valence-corrected chi connectivity index (χ3v) is 3.42. The molecule has 0 amide bonds. The first-order chi connectivity index (χ1) is 8.15. The van der Waals surface area contributed by atoms with Gasteiger partial charge in [-0.05, 0) is 30.7 Å². The first-order valence-corrected chi connectivity index (χ1v) is 6.29. The minimum absolute atomic E-state index is 0.284. The van der Waals surface area contributed by atoms with Crippen molar-refractivity contribution in [2.75, 3.05) is 11.5 Å². The fourth-order valence-electron chi connectivity index (χ4n) is 1.59. The van der Waals surface area contributed by atoms with Gasteiger partial charge in [-0.3, -0.25) is 4.68 Å². The van der Waals surface area contributed by atoms with Crippen molar-refractivity contribution in [3.63, 3.8) is 0 Å². The Hall–Kier alpha value is -1.49. The van der Waals surface area contributed by atoms with Crippen molar-refractivity contribution < 1.29 is 4.39 Å². The summed E-state index contributed by atoms with van der Waals surface area (Å²) in [6.45, 7) is 0. The molecule has 2 rings (SSSR count). The van der Waals surface area contributed by atoms with Crippen molar-refractivity contribution in [2.45, 2.75) is 11.3 Å². The van der Waals surface area contributed by atoms with E-state index in [1.807, 2.05) is 17.8 Å². The number of rotatable bonds is 4. The van der Waals surface area contributed by atoms with Gasteiger partial charge < -0.3 is 5.73 Å². The van der Waals surface area contributed by atoms with E-state index in [1.165, 1.54) is 17.8 Å². The van der Waals surface area contributed by atoms with E-state index in [0.29, 0.717) is 5.69 Å². The van der Waals surface area contributed by atoms with Crippen molar-refractivity contribution in [3.05, 3.63) is 42.0 Å². The van der Waals surface area contributed by atoms with Crippen molar-refractivity contribution in [2.24, 2.45) is 7.05 Å². The lowest BCUT2D eigenvalue weighted by Gasteiger charge is -2.04. The standard InChI is InChI=1S/C12H14FN3S/c1-16-11(2-4-15-16)3-5-17-12-7-9(13)6-10(14)8-12/h2,4,6-8H,3,5,14H2,1H3. The average molecular weight is 251 g/mol. The Morgan fingerprint density at radius 3 is 2.88 bits per heavy atom. The molecule has 0 atom stereocenters. The number of aromatic nitrogens is 2. The average Bonchev–Trinajstić information content (AvgIpc) is 2.63. The molecule has 0 saturated heterocycles. The summed E-state index contributed by atoms with van der Waals surface area (Å²) in [5.74, 6) is 0.593. The Balaban J connectivity index is 1.92. The molecule has 2 aromatic rings. The lowest BCUT2D eigenvalue weighted by Crippen LogP contribution is -1.99. The first kappa shape index (κ1) is 12.0. The summed E-state index contributed by atoms with van der Waals surface area (Å²) in [5, 5.41) is 4.10. The predicted molar refractivity (Wildman–Crippen MR) is 68.4 cm³/mol. The molecule has 0 aliphatic carbocycles. The SMILES string of the molecule is Cn1nccc1CCSc1cc(N)cc(F)c1. The van der Waals surface area contributed by atoms with E-state index in [9.17, 15) is 4.39 Å². The van der Waals surface area contributed by atoms with Gasteiger partial charge in [0, 0.05) is 35.3 Å². The van der Waals surface area contributed by atoms with Gasteiger partial charge in [0.05, 0.1) is 0 Å². The highest BCUT2D eigenvalue weighted by molar-refractivity contribution is 7.99. The molecule has 0 bridgehead atoms. The number of anilines is 1. The fraction of sp³-hybridized carbons (Fsp3) is 0.250. The molecule has 0 radical (unpaired) electrons. The summed E-state index contributed by atoms with van der Waals surface area (Å²) in [4.78, 5) is 0.865. The first-order valence-electron chi connectivity index (χ1n) is 5.31. The maximum Gasteiger partial charge on any atom is 0.126 e. The molecule has 17 heavy (non-hydrogen) atoms. The van der Waals surface area contributed by atoms with Crippen LogP contribution in [0.25, 0.3) is 0 Å². The summed E-state index contributed by atoms with van der Waals surface area (Å²) in [6, 6.07) is 6.60. The van der Waals surface area contributed by atoms with Gasteiger partial charge in [0.25, 0.3) is 0 Å². The Morgan fingerprint density at radius 2 is 2.24 bits per heavy atom. The number of halogens is 1. The van der Waals surface area contributed by atoms with Crippen LogP contribution in [0, 0.1) is 5.82 Å². The summed E-state index contributed by atoms with van der Waals surface area (Å²) < 4.78 is 14.9. The highest BCUT2D eigenvalue weighted by atomic mass is 32.2. The highest BCUT2D eigenvalue weighted by Gasteiger charge is 2.02. The van der Waals surface area contributed by atoms with E-state index >= 15 is 0 Å². The molecule has 1 aromatic carbocycles. The van der Waals surface area contributed by atoms with E-state index in [0.717, 1.165) is 17.1 Å².